The molecule has 35 heavy (non-hydrogen) atoms. The van der Waals surface area contributed by atoms with E-state index in [1.165, 1.54) is 16.4 Å². The van der Waals surface area contributed by atoms with Crippen molar-refractivity contribution < 1.29 is 27.4 Å². The molecule has 186 valence electrons. The Bertz CT molecular complexity index is 1210. The Hall–Kier alpha value is -3.56. The van der Waals surface area contributed by atoms with Crippen LogP contribution in [-0.4, -0.2) is 53.0 Å². The van der Waals surface area contributed by atoms with E-state index in [0.717, 1.165) is 11.1 Å². The van der Waals surface area contributed by atoms with Crippen LogP contribution in [0.25, 0.3) is 0 Å². The van der Waals surface area contributed by atoms with Crippen molar-refractivity contribution in [1.82, 2.24) is 9.62 Å². The molecule has 0 fully saturated rings. The molecule has 3 rings (SSSR count). The van der Waals surface area contributed by atoms with Crippen LogP contribution >= 0.6 is 0 Å². The number of ether oxygens (including phenoxy) is 3. The lowest BCUT2D eigenvalue weighted by Gasteiger charge is -2.17. The Morgan fingerprint density at radius 3 is 2.23 bits per heavy atom. The molecule has 0 aliphatic rings. The van der Waals surface area contributed by atoms with Gasteiger partial charge in [0.1, 0.15) is 5.75 Å². The maximum atomic E-state index is 12.8. The summed E-state index contributed by atoms with van der Waals surface area (Å²) in [6.45, 7) is 0.527. The molecule has 0 aliphatic carbocycles. The maximum absolute atomic E-state index is 12.8. The standard InChI is InChI=1S/C26H30N2O6S/c1-28(18-21-7-5-4-6-8-21)35(30,31)23-12-10-22(11-13-23)34-19-26(29)27-16-15-20-9-14-24(32-2)25(17-20)33-3/h4-14,17H,15-16,18-19H2,1-3H3,(H,27,29). The Morgan fingerprint density at radius 1 is 0.886 bits per heavy atom. The maximum Gasteiger partial charge on any atom is 0.257 e. The summed E-state index contributed by atoms with van der Waals surface area (Å²) in [5.41, 5.74) is 1.90. The molecule has 1 N–H and O–H groups in total. The van der Waals surface area contributed by atoms with Crippen molar-refractivity contribution in [2.24, 2.45) is 0 Å². The summed E-state index contributed by atoms with van der Waals surface area (Å²) in [5.74, 6) is 1.42. The van der Waals surface area contributed by atoms with Crippen molar-refractivity contribution >= 4 is 15.9 Å². The third-order valence-corrected chi connectivity index (χ3v) is 7.15. The molecular formula is C26H30N2O6S. The lowest BCUT2D eigenvalue weighted by molar-refractivity contribution is -0.123. The molecule has 0 saturated carbocycles. The average Bonchev–Trinajstić information content (AvgIpc) is 2.88. The van der Waals surface area contributed by atoms with Gasteiger partial charge in [-0.05, 0) is 53.9 Å². The second-order valence-corrected chi connectivity index (χ2v) is 9.84. The van der Waals surface area contributed by atoms with E-state index in [9.17, 15) is 13.2 Å². The molecule has 0 radical (unpaired) electrons. The van der Waals surface area contributed by atoms with Crippen molar-refractivity contribution in [3.8, 4) is 17.2 Å². The first-order valence-corrected chi connectivity index (χ1v) is 12.5. The summed E-state index contributed by atoms with van der Waals surface area (Å²) in [6.07, 6.45) is 0.620. The summed E-state index contributed by atoms with van der Waals surface area (Å²) < 4.78 is 43.0. The van der Waals surface area contributed by atoms with E-state index < -0.39 is 10.0 Å². The summed E-state index contributed by atoms with van der Waals surface area (Å²) in [4.78, 5) is 12.3. The fourth-order valence-electron chi connectivity index (χ4n) is 3.40. The smallest absolute Gasteiger partial charge is 0.257 e. The van der Waals surface area contributed by atoms with Crippen molar-refractivity contribution in [2.75, 3.05) is 34.4 Å². The number of amides is 1. The molecule has 8 nitrogen and oxygen atoms in total. The monoisotopic (exact) mass is 498 g/mol. The molecule has 0 unspecified atom stereocenters. The number of benzene rings is 3. The molecule has 0 heterocycles. The Balaban J connectivity index is 1.47. The highest BCUT2D eigenvalue weighted by molar-refractivity contribution is 7.89. The number of sulfonamides is 1. The molecule has 1 amide bonds. The molecule has 3 aromatic carbocycles. The Kier molecular flexibility index (Phi) is 9.11. The minimum Gasteiger partial charge on any atom is -0.493 e. The normalized spacial score (nSPS) is 11.2. The molecule has 9 heteroatoms. The third kappa shape index (κ3) is 7.21. The SMILES string of the molecule is COc1ccc(CCNC(=O)COc2ccc(S(=O)(=O)N(C)Cc3ccccc3)cc2)cc1OC. The zero-order chi connectivity index (χ0) is 25.3. The number of nitrogens with one attached hydrogen (secondary N) is 1. The first-order chi connectivity index (χ1) is 16.8. The Labute approximate surface area is 206 Å². The van der Waals surface area contributed by atoms with Crippen LogP contribution in [0.4, 0.5) is 0 Å². The van der Waals surface area contributed by atoms with Crippen molar-refractivity contribution in [3.05, 3.63) is 83.9 Å². The van der Waals surface area contributed by atoms with Crippen LogP contribution in [0.5, 0.6) is 17.2 Å². The van der Waals surface area contributed by atoms with Gasteiger partial charge in [-0.25, -0.2) is 8.42 Å². The average molecular weight is 499 g/mol. The van der Waals surface area contributed by atoms with Gasteiger partial charge in [0.05, 0.1) is 19.1 Å². The zero-order valence-electron chi connectivity index (χ0n) is 20.1. The van der Waals surface area contributed by atoms with E-state index in [2.05, 4.69) is 5.32 Å². The van der Waals surface area contributed by atoms with Crippen molar-refractivity contribution in [1.29, 1.82) is 0 Å². The molecule has 0 spiro atoms. The van der Waals surface area contributed by atoms with E-state index in [0.29, 0.717) is 30.2 Å². The predicted octanol–water partition coefficient (Wildman–Crippen LogP) is 3.26. The van der Waals surface area contributed by atoms with Gasteiger partial charge in [0.2, 0.25) is 10.0 Å². The number of nitrogens with zero attached hydrogens (tertiary/aromatic N) is 1. The topological polar surface area (TPSA) is 94.2 Å². The second-order valence-electron chi connectivity index (χ2n) is 7.80. The number of carbonyl (C=O) groups excluding carboxylic acids is 1. The van der Waals surface area contributed by atoms with Crippen LogP contribution in [0, 0.1) is 0 Å². The van der Waals surface area contributed by atoms with Crippen molar-refractivity contribution in [2.45, 2.75) is 17.9 Å². The highest BCUT2D eigenvalue weighted by Gasteiger charge is 2.21. The minimum absolute atomic E-state index is 0.155. The van der Waals surface area contributed by atoms with E-state index in [4.69, 9.17) is 14.2 Å². The zero-order valence-corrected chi connectivity index (χ0v) is 20.9. The molecule has 0 aliphatic heterocycles. The quantitative estimate of drug-likeness (QED) is 0.412. The van der Waals surface area contributed by atoms with Gasteiger partial charge in [0.25, 0.3) is 5.91 Å². The van der Waals surface area contributed by atoms with Crippen LogP contribution in [-0.2, 0) is 27.8 Å². The molecule has 0 aromatic heterocycles. The predicted molar refractivity (Wildman–Crippen MR) is 133 cm³/mol. The number of methoxy groups -OCH3 is 2. The number of hydrogen-bond donors (Lipinski definition) is 1. The van der Waals surface area contributed by atoms with Gasteiger partial charge in [-0.3, -0.25) is 4.79 Å². The summed E-state index contributed by atoms with van der Waals surface area (Å²) >= 11 is 0. The Morgan fingerprint density at radius 2 is 1.57 bits per heavy atom. The van der Waals surface area contributed by atoms with Gasteiger partial charge in [-0.2, -0.15) is 4.31 Å². The van der Waals surface area contributed by atoms with Crippen LogP contribution in [0.15, 0.2) is 77.7 Å². The molecular weight excluding hydrogens is 468 g/mol. The molecule has 0 atom stereocenters. The van der Waals surface area contributed by atoms with Crippen LogP contribution in [0.3, 0.4) is 0 Å². The van der Waals surface area contributed by atoms with Gasteiger partial charge in [0, 0.05) is 20.1 Å². The van der Waals surface area contributed by atoms with Crippen LogP contribution in [0.1, 0.15) is 11.1 Å². The summed E-state index contributed by atoms with van der Waals surface area (Å²) in [6, 6.07) is 21.0. The van der Waals surface area contributed by atoms with E-state index in [-0.39, 0.29) is 24.0 Å². The first kappa shape index (κ1) is 26.1. The third-order valence-electron chi connectivity index (χ3n) is 5.33. The van der Waals surface area contributed by atoms with Crippen LogP contribution in [0.2, 0.25) is 0 Å². The minimum atomic E-state index is -3.65. The van der Waals surface area contributed by atoms with Gasteiger partial charge in [0.15, 0.2) is 18.1 Å². The lowest BCUT2D eigenvalue weighted by Crippen LogP contribution is -2.30. The fraction of sp³-hybridized carbons (Fsp3) is 0.269. The van der Waals surface area contributed by atoms with Gasteiger partial charge in [-0.15, -0.1) is 0 Å². The summed E-state index contributed by atoms with van der Waals surface area (Å²) in [7, 11) is 1.04. The van der Waals surface area contributed by atoms with Crippen LogP contribution < -0.4 is 19.5 Å². The highest BCUT2D eigenvalue weighted by atomic mass is 32.2. The van der Waals surface area contributed by atoms with Gasteiger partial charge >= 0.3 is 0 Å². The number of carbonyl (C=O) groups is 1. The second kappa shape index (κ2) is 12.2. The van der Waals surface area contributed by atoms with Gasteiger partial charge < -0.3 is 19.5 Å². The van der Waals surface area contributed by atoms with E-state index >= 15 is 0 Å². The largest absolute Gasteiger partial charge is 0.493 e. The van der Waals surface area contributed by atoms with Gasteiger partial charge in [-0.1, -0.05) is 36.4 Å². The lowest BCUT2D eigenvalue weighted by atomic mass is 10.1. The number of hydrogen-bond acceptors (Lipinski definition) is 6. The molecule has 3 aromatic rings. The van der Waals surface area contributed by atoms with E-state index in [1.807, 2.05) is 48.5 Å². The number of rotatable bonds is 12. The fourth-order valence-corrected chi connectivity index (χ4v) is 4.55. The summed E-state index contributed by atoms with van der Waals surface area (Å²) in [5, 5.41) is 2.80. The molecule has 0 bridgehead atoms. The molecule has 0 saturated heterocycles. The van der Waals surface area contributed by atoms with E-state index in [1.54, 1.807) is 33.4 Å². The van der Waals surface area contributed by atoms with Crippen molar-refractivity contribution in [3.63, 3.8) is 0 Å². The first-order valence-electron chi connectivity index (χ1n) is 11.0. The highest BCUT2D eigenvalue weighted by Crippen LogP contribution is 2.27.